The van der Waals surface area contributed by atoms with Crippen LogP contribution in [0.3, 0.4) is 0 Å². The quantitative estimate of drug-likeness (QED) is 0.842. The van der Waals surface area contributed by atoms with E-state index in [-0.39, 0.29) is 11.9 Å². The number of hydrogen-bond donors (Lipinski definition) is 1. The lowest BCUT2D eigenvalue weighted by Crippen LogP contribution is -2.18. The monoisotopic (exact) mass is 321 g/mol. The molecule has 0 fully saturated rings. The number of benzene rings is 2. The van der Waals surface area contributed by atoms with E-state index in [1.807, 2.05) is 30.3 Å². The van der Waals surface area contributed by atoms with Gasteiger partial charge in [-0.1, -0.05) is 47.1 Å². The number of hydrogen-bond acceptors (Lipinski definition) is 1. The molecule has 0 amide bonds. The molecule has 0 bridgehead atoms. The topological polar surface area (TPSA) is 12.0 Å². The van der Waals surface area contributed by atoms with Gasteiger partial charge in [0.15, 0.2) is 0 Å². The first-order chi connectivity index (χ1) is 9.13. The minimum atomic E-state index is -0.210. The normalized spacial score (nSPS) is 12.4. The SMILES string of the molecule is CCNC(C)c1ccc(F)cc1-c1ccccc1Br. The molecule has 3 heteroatoms. The summed E-state index contributed by atoms with van der Waals surface area (Å²) < 4.78 is 14.6. The minimum Gasteiger partial charge on any atom is -0.310 e. The van der Waals surface area contributed by atoms with Crippen molar-refractivity contribution in [1.82, 2.24) is 5.32 Å². The van der Waals surface area contributed by atoms with Crippen LogP contribution in [0.2, 0.25) is 0 Å². The Morgan fingerprint density at radius 3 is 2.58 bits per heavy atom. The van der Waals surface area contributed by atoms with E-state index in [2.05, 4.69) is 35.1 Å². The third-order valence-electron chi connectivity index (χ3n) is 3.16. The zero-order chi connectivity index (χ0) is 13.8. The third kappa shape index (κ3) is 3.23. The Labute approximate surface area is 122 Å². The Morgan fingerprint density at radius 2 is 1.89 bits per heavy atom. The molecule has 1 atom stereocenters. The Balaban J connectivity index is 2.55. The summed E-state index contributed by atoms with van der Waals surface area (Å²) in [6.07, 6.45) is 0. The maximum absolute atomic E-state index is 13.6. The highest BCUT2D eigenvalue weighted by Crippen LogP contribution is 2.33. The smallest absolute Gasteiger partial charge is 0.123 e. The van der Waals surface area contributed by atoms with Crippen molar-refractivity contribution in [2.75, 3.05) is 6.54 Å². The second kappa shape index (κ2) is 6.31. The first-order valence-corrected chi connectivity index (χ1v) is 7.20. The first-order valence-electron chi connectivity index (χ1n) is 6.41. The molecule has 1 nitrogen and oxygen atoms in total. The predicted octanol–water partition coefficient (Wildman–Crippen LogP) is 4.93. The van der Waals surface area contributed by atoms with Gasteiger partial charge in [-0.25, -0.2) is 4.39 Å². The van der Waals surface area contributed by atoms with Gasteiger partial charge in [0.1, 0.15) is 5.82 Å². The molecular weight excluding hydrogens is 305 g/mol. The van der Waals surface area contributed by atoms with Crippen LogP contribution in [0.4, 0.5) is 4.39 Å². The fourth-order valence-corrected chi connectivity index (χ4v) is 2.73. The van der Waals surface area contributed by atoms with Crippen molar-refractivity contribution in [1.29, 1.82) is 0 Å². The van der Waals surface area contributed by atoms with Crippen molar-refractivity contribution in [3.63, 3.8) is 0 Å². The van der Waals surface area contributed by atoms with Crippen LogP contribution in [-0.4, -0.2) is 6.54 Å². The molecule has 100 valence electrons. The molecule has 0 aliphatic heterocycles. The predicted molar refractivity (Wildman–Crippen MR) is 81.6 cm³/mol. The van der Waals surface area contributed by atoms with E-state index in [9.17, 15) is 4.39 Å². The molecule has 0 aliphatic carbocycles. The zero-order valence-corrected chi connectivity index (χ0v) is 12.7. The summed E-state index contributed by atoms with van der Waals surface area (Å²) >= 11 is 3.54. The van der Waals surface area contributed by atoms with E-state index in [1.54, 1.807) is 6.07 Å². The van der Waals surface area contributed by atoms with Gasteiger partial charge in [0, 0.05) is 10.5 Å². The van der Waals surface area contributed by atoms with Gasteiger partial charge in [-0.3, -0.25) is 0 Å². The van der Waals surface area contributed by atoms with Crippen LogP contribution in [0.15, 0.2) is 46.9 Å². The maximum atomic E-state index is 13.6. The standard InChI is InChI=1S/C16H17BrFN/c1-3-19-11(2)13-9-8-12(18)10-15(13)14-6-4-5-7-16(14)17/h4-11,19H,3H2,1-2H3. The summed E-state index contributed by atoms with van der Waals surface area (Å²) in [6, 6.07) is 13.1. The van der Waals surface area contributed by atoms with Crippen LogP contribution in [0.1, 0.15) is 25.5 Å². The van der Waals surface area contributed by atoms with Crippen LogP contribution in [-0.2, 0) is 0 Å². The van der Waals surface area contributed by atoms with Crippen molar-refractivity contribution in [3.8, 4) is 11.1 Å². The minimum absolute atomic E-state index is 0.188. The maximum Gasteiger partial charge on any atom is 0.123 e. The summed E-state index contributed by atoms with van der Waals surface area (Å²) in [7, 11) is 0. The van der Waals surface area contributed by atoms with E-state index in [0.29, 0.717) is 0 Å². The van der Waals surface area contributed by atoms with Crippen LogP contribution in [0, 0.1) is 5.82 Å². The highest BCUT2D eigenvalue weighted by molar-refractivity contribution is 9.10. The molecule has 0 aliphatic rings. The summed E-state index contributed by atoms with van der Waals surface area (Å²) in [5.41, 5.74) is 3.05. The van der Waals surface area contributed by atoms with Gasteiger partial charge in [0.2, 0.25) is 0 Å². The van der Waals surface area contributed by atoms with E-state index in [0.717, 1.165) is 27.7 Å². The summed E-state index contributed by atoms with van der Waals surface area (Å²) in [5, 5.41) is 3.37. The highest BCUT2D eigenvalue weighted by Gasteiger charge is 2.13. The lowest BCUT2D eigenvalue weighted by Gasteiger charge is -2.18. The average Bonchev–Trinajstić information content (AvgIpc) is 2.39. The highest BCUT2D eigenvalue weighted by atomic mass is 79.9. The second-order valence-electron chi connectivity index (χ2n) is 4.49. The number of nitrogens with one attached hydrogen (secondary N) is 1. The molecule has 0 heterocycles. The molecule has 0 radical (unpaired) electrons. The molecule has 19 heavy (non-hydrogen) atoms. The Kier molecular flexibility index (Phi) is 4.72. The van der Waals surface area contributed by atoms with Gasteiger partial charge < -0.3 is 5.32 Å². The molecule has 2 aromatic carbocycles. The van der Waals surface area contributed by atoms with Crippen LogP contribution in [0.25, 0.3) is 11.1 Å². The van der Waals surface area contributed by atoms with Crippen molar-refractivity contribution in [2.24, 2.45) is 0 Å². The van der Waals surface area contributed by atoms with Crippen LogP contribution < -0.4 is 5.32 Å². The average molecular weight is 322 g/mol. The summed E-state index contributed by atoms with van der Waals surface area (Å²) in [5.74, 6) is -0.210. The van der Waals surface area contributed by atoms with Gasteiger partial charge in [0.25, 0.3) is 0 Å². The van der Waals surface area contributed by atoms with Crippen LogP contribution in [0.5, 0.6) is 0 Å². The Hall–Kier alpha value is -1.19. The van der Waals surface area contributed by atoms with Gasteiger partial charge in [-0.15, -0.1) is 0 Å². The number of halogens is 2. The fourth-order valence-electron chi connectivity index (χ4n) is 2.24. The lowest BCUT2D eigenvalue weighted by molar-refractivity contribution is 0.593. The van der Waals surface area contributed by atoms with Gasteiger partial charge in [-0.2, -0.15) is 0 Å². The van der Waals surface area contributed by atoms with E-state index in [4.69, 9.17) is 0 Å². The van der Waals surface area contributed by atoms with Gasteiger partial charge in [-0.05, 0) is 48.4 Å². The second-order valence-corrected chi connectivity index (χ2v) is 5.35. The fraction of sp³-hybridized carbons (Fsp3) is 0.250. The molecule has 0 aromatic heterocycles. The molecule has 2 rings (SSSR count). The van der Waals surface area contributed by atoms with E-state index < -0.39 is 0 Å². The molecule has 1 unspecified atom stereocenters. The zero-order valence-electron chi connectivity index (χ0n) is 11.1. The molecule has 0 saturated carbocycles. The molecule has 0 saturated heterocycles. The summed E-state index contributed by atoms with van der Waals surface area (Å²) in [4.78, 5) is 0. The lowest BCUT2D eigenvalue weighted by atomic mass is 9.95. The van der Waals surface area contributed by atoms with E-state index >= 15 is 0 Å². The largest absolute Gasteiger partial charge is 0.310 e. The Morgan fingerprint density at radius 1 is 1.16 bits per heavy atom. The summed E-state index contributed by atoms with van der Waals surface area (Å²) in [6.45, 7) is 5.04. The van der Waals surface area contributed by atoms with Gasteiger partial charge in [0.05, 0.1) is 0 Å². The molecule has 2 aromatic rings. The van der Waals surface area contributed by atoms with Crippen molar-refractivity contribution < 1.29 is 4.39 Å². The first kappa shape index (κ1) is 14.2. The van der Waals surface area contributed by atoms with Gasteiger partial charge >= 0.3 is 0 Å². The van der Waals surface area contributed by atoms with E-state index in [1.165, 1.54) is 6.07 Å². The van der Waals surface area contributed by atoms with Crippen molar-refractivity contribution >= 4 is 15.9 Å². The molecule has 0 spiro atoms. The molecule has 1 N–H and O–H groups in total. The number of rotatable bonds is 4. The Bertz CT molecular complexity index is 568. The van der Waals surface area contributed by atoms with Crippen molar-refractivity contribution in [2.45, 2.75) is 19.9 Å². The van der Waals surface area contributed by atoms with Crippen LogP contribution >= 0.6 is 15.9 Å². The van der Waals surface area contributed by atoms with Crippen molar-refractivity contribution in [3.05, 3.63) is 58.3 Å². The third-order valence-corrected chi connectivity index (χ3v) is 3.85. The molecular formula is C16H17BrFN.